The normalized spacial score (nSPS) is 11.3. The molecule has 2 aromatic rings. The van der Waals surface area contributed by atoms with Gasteiger partial charge < -0.3 is 9.88 Å². The van der Waals surface area contributed by atoms with Gasteiger partial charge in [0.15, 0.2) is 11.5 Å². The molecule has 0 atom stereocenters. The summed E-state index contributed by atoms with van der Waals surface area (Å²) in [5.41, 5.74) is 1.39. The average molecular weight is 190 g/mol. The first kappa shape index (κ1) is 8.61. The summed E-state index contributed by atoms with van der Waals surface area (Å²) in [7, 11) is 3.80. The lowest BCUT2D eigenvalue weighted by molar-refractivity contribution is 0.643. The molecule has 2 aromatic heterocycles. The van der Waals surface area contributed by atoms with Gasteiger partial charge in [0, 0.05) is 14.1 Å². The summed E-state index contributed by atoms with van der Waals surface area (Å²) in [4.78, 5) is 21.0. The van der Waals surface area contributed by atoms with E-state index < -0.39 is 0 Å². The zero-order valence-electron chi connectivity index (χ0n) is 7.97. The lowest BCUT2D eigenvalue weighted by Crippen LogP contribution is -2.07. The van der Waals surface area contributed by atoms with Gasteiger partial charge in [0.1, 0.15) is 11.8 Å². The predicted octanol–water partition coefficient (Wildman–Crippen LogP) is 0.574. The SMILES string of the molecule is CN(C)C=Nc1ncnc2nc[nH]c12. The predicted molar refractivity (Wildman–Crippen MR) is 53.5 cm³/mol. The molecule has 0 bridgehead atoms. The van der Waals surface area contributed by atoms with Crippen LogP contribution in [0.15, 0.2) is 17.6 Å². The molecular formula is C8H10N6. The molecule has 0 saturated heterocycles. The minimum absolute atomic E-state index is 0.598. The molecule has 0 saturated carbocycles. The van der Waals surface area contributed by atoms with Crippen LogP contribution in [-0.2, 0) is 0 Å². The number of hydrogen-bond acceptors (Lipinski definition) is 4. The van der Waals surface area contributed by atoms with Gasteiger partial charge in [0.25, 0.3) is 0 Å². The van der Waals surface area contributed by atoms with Crippen molar-refractivity contribution in [2.75, 3.05) is 14.1 Å². The molecule has 2 rings (SSSR count). The van der Waals surface area contributed by atoms with E-state index in [-0.39, 0.29) is 0 Å². The van der Waals surface area contributed by atoms with Gasteiger partial charge >= 0.3 is 0 Å². The van der Waals surface area contributed by atoms with Crippen molar-refractivity contribution in [2.45, 2.75) is 0 Å². The molecule has 0 aliphatic carbocycles. The highest BCUT2D eigenvalue weighted by molar-refractivity contribution is 5.82. The molecule has 2 heterocycles. The van der Waals surface area contributed by atoms with Crippen LogP contribution in [0.4, 0.5) is 5.82 Å². The highest BCUT2D eigenvalue weighted by Gasteiger charge is 2.02. The van der Waals surface area contributed by atoms with Crippen molar-refractivity contribution in [1.29, 1.82) is 0 Å². The number of fused-ring (bicyclic) bond motifs is 1. The minimum atomic E-state index is 0.598. The molecule has 14 heavy (non-hydrogen) atoms. The maximum absolute atomic E-state index is 4.18. The lowest BCUT2D eigenvalue weighted by Gasteiger charge is -2.01. The van der Waals surface area contributed by atoms with E-state index in [2.05, 4.69) is 24.9 Å². The number of imidazole rings is 1. The molecule has 0 spiro atoms. The Morgan fingerprint density at radius 2 is 2.21 bits per heavy atom. The fraction of sp³-hybridized carbons (Fsp3) is 0.250. The Hall–Kier alpha value is -1.98. The zero-order chi connectivity index (χ0) is 9.97. The Morgan fingerprint density at radius 3 is 3.00 bits per heavy atom. The van der Waals surface area contributed by atoms with E-state index >= 15 is 0 Å². The molecule has 1 N–H and O–H groups in total. The molecule has 6 heteroatoms. The number of aromatic amines is 1. The third-order valence-corrected chi connectivity index (χ3v) is 1.61. The first-order valence-corrected chi connectivity index (χ1v) is 4.12. The van der Waals surface area contributed by atoms with Crippen molar-refractivity contribution in [3.8, 4) is 0 Å². The summed E-state index contributed by atoms with van der Waals surface area (Å²) >= 11 is 0. The van der Waals surface area contributed by atoms with Gasteiger partial charge in [0.2, 0.25) is 0 Å². The summed E-state index contributed by atoms with van der Waals surface area (Å²) in [5, 5.41) is 0. The Morgan fingerprint density at radius 1 is 1.36 bits per heavy atom. The molecule has 0 aliphatic rings. The van der Waals surface area contributed by atoms with Crippen LogP contribution in [0.1, 0.15) is 0 Å². The summed E-state index contributed by atoms with van der Waals surface area (Å²) in [6.45, 7) is 0. The highest BCUT2D eigenvalue weighted by Crippen LogP contribution is 2.16. The van der Waals surface area contributed by atoms with Crippen molar-refractivity contribution < 1.29 is 0 Å². The largest absolute Gasteiger partial charge is 0.369 e. The second-order valence-electron chi connectivity index (χ2n) is 3.01. The highest BCUT2D eigenvalue weighted by atomic mass is 15.1. The van der Waals surface area contributed by atoms with Gasteiger partial charge in [-0.25, -0.2) is 19.9 Å². The third kappa shape index (κ3) is 1.54. The number of aliphatic imine (C=N–C) groups is 1. The summed E-state index contributed by atoms with van der Waals surface area (Å²) in [6, 6.07) is 0. The van der Waals surface area contributed by atoms with Crippen LogP contribution < -0.4 is 0 Å². The fourth-order valence-electron chi connectivity index (χ4n) is 1.02. The van der Waals surface area contributed by atoms with Crippen LogP contribution in [0.2, 0.25) is 0 Å². The summed E-state index contributed by atoms with van der Waals surface area (Å²) < 4.78 is 0. The Labute approximate surface area is 80.7 Å². The average Bonchev–Trinajstić information content (AvgIpc) is 2.62. The van der Waals surface area contributed by atoms with Gasteiger partial charge in [-0.1, -0.05) is 0 Å². The van der Waals surface area contributed by atoms with E-state index in [1.165, 1.54) is 6.33 Å². The fourth-order valence-corrected chi connectivity index (χ4v) is 1.02. The van der Waals surface area contributed by atoms with Gasteiger partial charge in [-0.3, -0.25) is 0 Å². The van der Waals surface area contributed by atoms with Crippen molar-refractivity contribution in [1.82, 2.24) is 24.8 Å². The first-order valence-electron chi connectivity index (χ1n) is 4.12. The standard InChI is InChI=1S/C8H10N6/c1-14(2)5-13-8-6-7(10-3-9-6)11-4-12-8/h3-5H,1-2H3,(H,9,10,11,12). The maximum atomic E-state index is 4.18. The summed E-state index contributed by atoms with van der Waals surface area (Å²) in [5.74, 6) is 0.598. The van der Waals surface area contributed by atoms with Crippen molar-refractivity contribution in [2.24, 2.45) is 4.99 Å². The smallest absolute Gasteiger partial charge is 0.182 e. The molecule has 0 fully saturated rings. The van der Waals surface area contributed by atoms with Crippen LogP contribution in [0.3, 0.4) is 0 Å². The second-order valence-corrected chi connectivity index (χ2v) is 3.01. The number of nitrogens with one attached hydrogen (secondary N) is 1. The molecule has 0 radical (unpaired) electrons. The number of aromatic nitrogens is 4. The van der Waals surface area contributed by atoms with E-state index in [1.807, 2.05) is 19.0 Å². The van der Waals surface area contributed by atoms with E-state index in [4.69, 9.17) is 0 Å². The van der Waals surface area contributed by atoms with Crippen LogP contribution in [0.25, 0.3) is 11.2 Å². The van der Waals surface area contributed by atoms with E-state index in [9.17, 15) is 0 Å². The lowest BCUT2D eigenvalue weighted by atomic mass is 10.5. The zero-order valence-corrected chi connectivity index (χ0v) is 7.97. The van der Waals surface area contributed by atoms with Gasteiger partial charge in [-0.2, -0.15) is 0 Å². The Balaban J connectivity index is 2.46. The topological polar surface area (TPSA) is 70.1 Å². The number of nitrogens with zero attached hydrogens (tertiary/aromatic N) is 5. The second kappa shape index (κ2) is 3.41. The van der Waals surface area contributed by atoms with Crippen LogP contribution in [0.5, 0.6) is 0 Å². The van der Waals surface area contributed by atoms with Crippen molar-refractivity contribution in [3.05, 3.63) is 12.7 Å². The first-order chi connectivity index (χ1) is 6.77. The molecule has 0 aromatic carbocycles. The Bertz CT molecular complexity index is 458. The maximum Gasteiger partial charge on any atom is 0.182 e. The molecule has 72 valence electrons. The van der Waals surface area contributed by atoms with Gasteiger partial charge in [0.05, 0.1) is 12.7 Å². The molecule has 6 nitrogen and oxygen atoms in total. The third-order valence-electron chi connectivity index (χ3n) is 1.61. The number of hydrogen-bond donors (Lipinski definition) is 1. The minimum Gasteiger partial charge on any atom is -0.369 e. The van der Waals surface area contributed by atoms with Crippen LogP contribution in [0, 0.1) is 0 Å². The molecule has 0 amide bonds. The van der Waals surface area contributed by atoms with Gasteiger partial charge in [-0.15, -0.1) is 0 Å². The monoisotopic (exact) mass is 190 g/mol. The van der Waals surface area contributed by atoms with Crippen molar-refractivity contribution in [3.63, 3.8) is 0 Å². The molecule has 0 unspecified atom stereocenters. The summed E-state index contributed by atoms with van der Waals surface area (Å²) in [6.07, 6.45) is 4.71. The Kier molecular flexibility index (Phi) is 2.10. The number of H-pyrrole nitrogens is 1. The van der Waals surface area contributed by atoms with E-state index in [0.717, 1.165) is 5.52 Å². The quantitative estimate of drug-likeness (QED) is 0.555. The van der Waals surface area contributed by atoms with E-state index in [0.29, 0.717) is 11.5 Å². The van der Waals surface area contributed by atoms with E-state index in [1.54, 1.807) is 12.7 Å². The molecule has 0 aliphatic heterocycles. The van der Waals surface area contributed by atoms with Gasteiger partial charge in [-0.05, 0) is 0 Å². The number of rotatable bonds is 2. The van der Waals surface area contributed by atoms with Crippen LogP contribution in [-0.4, -0.2) is 45.3 Å². The van der Waals surface area contributed by atoms with Crippen LogP contribution >= 0.6 is 0 Å². The van der Waals surface area contributed by atoms with Crippen molar-refractivity contribution >= 4 is 23.3 Å². The molecular weight excluding hydrogens is 180 g/mol.